The maximum absolute atomic E-state index is 5.78. The largest absolute Gasteiger partial charge is 0.472 e. The Morgan fingerprint density at radius 2 is 2.31 bits per heavy atom. The molecule has 3 heteroatoms. The zero-order chi connectivity index (χ0) is 11.2. The standard InChI is InChI=1S/C13H21NO2/c1-11(12-6-8-15-10-12)14-7-9-16-13-4-2-3-5-13/h6,8,10-11,13-14H,2-5,7,9H2,1H3. The van der Waals surface area contributed by atoms with Gasteiger partial charge < -0.3 is 14.5 Å². The van der Waals surface area contributed by atoms with Crippen LogP contribution in [0.25, 0.3) is 0 Å². The van der Waals surface area contributed by atoms with Crippen LogP contribution in [-0.2, 0) is 4.74 Å². The Hall–Kier alpha value is -0.800. The second kappa shape index (κ2) is 6.06. The van der Waals surface area contributed by atoms with Gasteiger partial charge >= 0.3 is 0 Å². The number of hydrogen-bond donors (Lipinski definition) is 1. The average Bonchev–Trinajstić information content (AvgIpc) is 2.96. The summed E-state index contributed by atoms with van der Waals surface area (Å²) in [5.74, 6) is 0. The summed E-state index contributed by atoms with van der Waals surface area (Å²) >= 11 is 0. The SMILES string of the molecule is CC(NCCOC1CCCC1)c1ccoc1. The molecule has 0 amide bonds. The summed E-state index contributed by atoms with van der Waals surface area (Å²) in [5.41, 5.74) is 1.20. The zero-order valence-electron chi connectivity index (χ0n) is 9.95. The quantitative estimate of drug-likeness (QED) is 0.753. The third kappa shape index (κ3) is 3.35. The highest BCUT2D eigenvalue weighted by molar-refractivity contribution is 5.09. The average molecular weight is 223 g/mol. The van der Waals surface area contributed by atoms with Crippen molar-refractivity contribution in [2.45, 2.75) is 44.8 Å². The topological polar surface area (TPSA) is 34.4 Å². The van der Waals surface area contributed by atoms with Crippen LogP contribution < -0.4 is 5.32 Å². The predicted octanol–water partition coefficient (Wildman–Crippen LogP) is 2.89. The first-order valence-electron chi connectivity index (χ1n) is 6.23. The molecule has 0 spiro atoms. The van der Waals surface area contributed by atoms with E-state index in [2.05, 4.69) is 12.2 Å². The Labute approximate surface area is 97.2 Å². The molecular weight excluding hydrogens is 202 g/mol. The summed E-state index contributed by atoms with van der Waals surface area (Å²) in [6.45, 7) is 3.86. The Kier molecular flexibility index (Phi) is 4.43. The van der Waals surface area contributed by atoms with Crippen molar-refractivity contribution in [1.82, 2.24) is 5.32 Å². The van der Waals surface area contributed by atoms with Gasteiger partial charge in [0.2, 0.25) is 0 Å². The van der Waals surface area contributed by atoms with Crippen molar-refractivity contribution < 1.29 is 9.15 Å². The summed E-state index contributed by atoms with van der Waals surface area (Å²) in [4.78, 5) is 0. The van der Waals surface area contributed by atoms with Gasteiger partial charge in [-0.15, -0.1) is 0 Å². The van der Waals surface area contributed by atoms with Crippen molar-refractivity contribution in [1.29, 1.82) is 0 Å². The number of rotatable bonds is 6. The number of hydrogen-bond acceptors (Lipinski definition) is 3. The van der Waals surface area contributed by atoms with Crippen LogP contribution >= 0.6 is 0 Å². The third-order valence-electron chi connectivity index (χ3n) is 3.25. The van der Waals surface area contributed by atoms with E-state index in [1.165, 1.54) is 31.2 Å². The van der Waals surface area contributed by atoms with Crippen molar-refractivity contribution in [2.24, 2.45) is 0 Å². The zero-order valence-corrected chi connectivity index (χ0v) is 9.95. The molecule has 1 unspecified atom stereocenters. The smallest absolute Gasteiger partial charge is 0.0950 e. The number of furan rings is 1. The highest BCUT2D eigenvalue weighted by atomic mass is 16.5. The lowest BCUT2D eigenvalue weighted by Gasteiger charge is -2.14. The van der Waals surface area contributed by atoms with Gasteiger partial charge in [-0.25, -0.2) is 0 Å². The van der Waals surface area contributed by atoms with E-state index in [1.807, 2.05) is 6.07 Å². The van der Waals surface area contributed by atoms with Crippen LogP contribution in [0.2, 0.25) is 0 Å². The summed E-state index contributed by atoms with van der Waals surface area (Å²) in [6, 6.07) is 2.33. The van der Waals surface area contributed by atoms with Crippen LogP contribution in [0, 0.1) is 0 Å². The van der Waals surface area contributed by atoms with Gasteiger partial charge in [0, 0.05) is 18.2 Å². The molecule has 1 heterocycles. The van der Waals surface area contributed by atoms with Gasteiger partial charge in [0.05, 0.1) is 25.2 Å². The van der Waals surface area contributed by atoms with Gasteiger partial charge in [-0.05, 0) is 25.8 Å². The van der Waals surface area contributed by atoms with Crippen molar-refractivity contribution >= 4 is 0 Å². The summed E-state index contributed by atoms with van der Waals surface area (Å²) in [7, 11) is 0. The Morgan fingerprint density at radius 1 is 1.50 bits per heavy atom. The van der Waals surface area contributed by atoms with Crippen LogP contribution in [0.5, 0.6) is 0 Å². The second-order valence-electron chi connectivity index (χ2n) is 4.51. The van der Waals surface area contributed by atoms with Gasteiger partial charge in [-0.3, -0.25) is 0 Å². The highest BCUT2D eigenvalue weighted by Gasteiger charge is 2.14. The molecule has 1 aliphatic carbocycles. The molecule has 16 heavy (non-hydrogen) atoms. The molecule has 1 N–H and O–H groups in total. The molecule has 1 aromatic heterocycles. The molecule has 2 rings (SSSR count). The molecule has 1 atom stereocenters. The van der Waals surface area contributed by atoms with E-state index in [0.717, 1.165) is 13.2 Å². The molecule has 0 radical (unpaired) electrons. The maximum Gasteiger partial charge on any atom is 0.0950 e. The molecular formula is C13H21NO2. The van der Waals surface area contributed by atoms with Crippen LogP contribution in [0.4, 0.5) is 0 Å². The lowest BCUT2D eigenvalue weighted by Crippen LogP contribution is -2.24. The first-order valence-corrected chi connectivity index (χ1v) is 6.23. The van der Waals surface area contributed by atoms with E-state index in [-0.39, 0.29) is 0 Å². The monoisotopic (exact) mass is 223 g/mol. The molecule has 0 aliphatic heterocycles. The molecule has 0 saturated heterocycles. The fourth-order valence-corrected chi connectivity index (χ4v) is 2.20. The molecule has 1 aliphatic rings. The van der Waals surface area contributed by atoms with Gasteiger partial charge in [0.1, 0.15) is 0 Å². The first kappa shape index (κ1) is 11.7. The van der Waals surface area contributed by atoms with Crippen molar-refractivity contribution in [3.05, 3.63) is 24.2 Å². The molecule has 1 aromatic rings. The van der Waals surface area contributed by atoms with Gasteiger partial charge in [-0.1, -0.05) is 12.8 Å². The molecule has 0 aromatic carbocycles. The molecule has 1 fully saturated rings. The molecule has 90 valence electrons. The molecule has 3 nitrogen and oxygen atoms in total. The van der Waals surface area contributed by atoms with E-state index >= 15 is 0 Å². The van der Waals surface area contributed by atoms with E-state index in [1.54, 1.807) is 12.5 Å². The van der Waals surface area contributed by atoms with Crippen LogP contribution in [0.15, 0.2) is 23.0 Å². The lowest BCUT2D eigenvalue weighted by atomic mass is 10.2. The maximum atomic E-state index is 5.78. The van der Waals surface area contributed by atoms with Crippen molar-refractivity contribution in [2.75, 3.05) is 13.2 Å². The third-order valence-corrected chi connectivity index (χ3v) is 3.25. The van der Waals surface area contributed by atoms with Gasteiger partial charge in [0.25, 0.3) is 0 Å². The Balaban J connectivity index is 1.57. The second-order valence-corrected chi connectivity index (χ2v) is 4.51. The van der Waals surface area contributed by atoms with Gasteiger partial charge in [-0.2, -0.15) is 0 Å². The van der Waals surface area contributed by atoms with E-state index in [0.29, 0.717) is 12.1 Å². The van der Waals surface area contributed by atoms with E-state index in [9.17, 15) is 0 Å². The minimum Gasteiger partial charge on any atom is -0.472 e. The summed E-state index contributed by atoms with van der Waals surface area (Å²) in [6.07, 6.45) is 9.19. The fraction of sp³-hybridized carbons (Fsp3) is 0.692. The van der Waals surface area contributed by atoms with Crippen LogP contribution in [-0.4, -0.2) is 19.3 Å². The Bertz CT molecular complexity index is 278. The predicted molar refractivity (Wildman–Crippen MR) is 63.3 cm³/mol. The van der Waals surface area contributed by atoms with Crippen molar-refractivity contribution in [3.8, 4) is 0 Å². The Morgan fingerprint density at radius 3 is 3.00 bits per heavy atom. The lowest BCUT2D eigenvalue weighted by molar-refractivity contribution is 0.0593. The van der Waals surface area contributed by atoms with Crippen molar-refractivity contribution in [3.63, 3.8) is 0 Å². The normalized spacial score (nSPS) is 19.1. The number of ether oxygens (including phenoxy) is 1. The molecule has 1 saturated carbocycles. The van der Waals surface area contributed by atoms with E-state index < -0.39 is 0 Å². The highest BCUT2D eigenvalue weighted by Crippen LogP contribution is 2.20. The first-order chi connectivity index (χ1) is 7.86. The summed E-state index contributed by atoms with van der Waals surface area (Å²) < 4.78 is 10.8. The number of nitrogens with one attached hydrogen (secondary N) is 1. The van der Waals surface area contributed by atoms with E-state index in [4.69, 9.17) is 9.15 Å². The minimum absolute atomic E-state index is 0.339. The summed E-state index contributed by atoms with van der Waals surface area (Å²) in [5, 5.41) is 3.42. The van der Waals surface area contributed by atoms with Gasteiger partial charge in [0.15, 0.2) is 0 Å². The minimum atomic E-state index is 0.339. The van der Waals surface area contributed by atoms with Crippen LogP contribution in [0.1, 0.15) is 44.2 Å². The fourth-order valence-electron chi connectivity index (χ4n) is 2.20. The van der Waals surface area contributed by atoms with Crippen LogP contribution in [0.3, 0.4) is 0 Å². The molecule has 0 bridgehead atoms.